The Bertz CT molecular complexity index is 451. The van der Waals surface area contributed by atoms with E-state index in [1.807, 2.05) is 17.5 Å². The molecule has 2 N–H and O–H groups in total. The van der Waals surface area contributed by atoms with Crippen molar-refractivity contribution in [2.75, 3.05) is 0 Å². The van der Waals surface area contributed by atoms with Crippen molar-refractivity contribution in [3.05, 3.63) is 35.8 Å². The van der Waals surface area contributed by atoms with E-state index in [1.165, 1.54) is 0 Å². The molecule has 2 rings (SSSR count). The molecule has 5 heteroatoms. The van der Waals surface area contributed by atoms with Crippen molar-refractivity contribution in [1.82, 2.24) is 4.98 Å². The molecule has 0 saturated carbocycles. The van der Waals surface area contributed by atoms with Gasteiger partial charge in [0.15, 0.2) is 0 Å². The summed E-state index contributed by atoms with van der Waals surface area (Å²) in [5.41, 5.74) is 5.87. The first kappa shape index (κ1) is 9.67. The molecule has 0 aliphatic rings. The topological polar surface area (TPSA) is 65.2 Å². The first-order chi connectivity index (χ1) is 7.25. The van der Waals surface area contributed by atoms with Gasteiger partial charge < -0.3 is 10.5 Å². The summed E-state index contributed by atoms with van der Waals surface area (Å²) in [5.74, 6) is 0.433. The van der Waals surface area contributed by atoms with Crippen LogP contribution in [0.4, 0.5) is 4.79 Å². The Morgan fingerprint density at radius 2 is 2.07 bits per heavy atom. The molecule has 15 heavy (non-hydrogen) atoms. The Labute approximate surface area is 90.3 Å². The Morgan fingerprint density at radius 3 is 2.60 bits per heavy atom. The molecule has 0 bridgehead atoms. The lowest BCUT2D eigenvalue weighted by Gasteiger charge is -2.01. The summed E-state index contributed by atoms with van der Waals surface area (Å²) in [5, 5.41) is 2.84. The van der Waals surface area contributed by atoms with E-state index in [-0.39, 0.29) is 0 Å². The lowest BCUT2D eigenvalue weighted by Crippen LogP contribution is -2.16. The van der Waals surface area contributed by atoms with Gasteiger partial charge in [-0.15, -0.1) is 11.3 Å². The van der Waals surface area contributed by atoms with E-state index < -0.39 is 6.09 Å². The van der Waals surface area contributed by atoms with E-state index in [4.69, 9.17) is 10.5 Å². The van der Waals surface area contributed by atoms with Crippen LogP contribution in [0.15, 0.2) is 35.8 Å². The van der Waals surface area contributed by atoms with E-state index >= 15 is 0 Å². The van der Waals surface area contributed by atoms with Crippen LogP contribution in [0.25, 0.3) is 10.6 Å². The van der Waals surface area contributed by atoms with Crippen molar-refractivity contribution in [3.63, 3.8) is 0 Å². The number of hydrogen-bond acceptors (Lipinski definition) is 4. The first-order valence-corrected chi connectivity index (χ1v) is 5.11. The molecule has 0 atom stereocenters. The number of benzene rings is 1. The lowest BCUT2D eigenvalue weighted by atomic mass is 10.2. The molecule has 0 aliphatic carbocycles. The van der Waals surface area contributed by atoms with E-state index in [1.54, 1.807) is 29.7 Å². The molecule has 0 radical (unpaired) electrons. The number of primary amides is 1. The molecule has 1 amide bonds. The fourth-order valence-corrected chi connectivity index (χ4v) is 1.79. The van der Waals surface area contributed by atoms with E-state index in [0.29, 0.717) is 5.75 Å². The third-order valence-corrected chi connectivity index (χ3v) is 2.57. The van der Waals surface area contributed by atoms with Crippen molar-refractivity contribution in [2.24, 2.45) is 5.73 Å². The SMILES string of the molecule is NC(=O)Oc1ccc(-c2nccs2)cc1. The highest BCUT2D eigenvalue weighted by molar-refractivity contribution is 7.13. The van der Waals surface area contributed by atoms with Gasteiger partial charge in [-0.1, -0.05) is 0 Å². The van der Waals surface area contributed by atoms with Crippen LogP contribution in [0.3, 0.4) is 0 Å². The zero-order valence-corrected chi connectivity index (χ0v) is 8.53. The Kier molecular flexibility index (Phi) is 2.64. The lowest BCUT2D eigenvalue weighted by molar-refractivity contribution is 0.211. The predicted octanol–water partition coefficient (Wildman–Crippen LogP) is 2.27. The number of rotatable bonds is 2. The van der Waals surface area contributed by atoms with Crippen LogP contribution in [0.2, 0.25) is 0 Å². The van der Waals surface area contributed by atoms with E-state index in [9.17, 15) is 4.79 Å². The van der Waals surface area contributed by atoms with Gasteiger partial charge in [-0.05, 0) is 24.3 Å². The quantitative estimate of drug-likeness (QED) is 0.844. The minimum Gasteiger partial charge on any atom is -0.411 e. The highest BCUT2D eigenvalue weighted by Gasteiger charge is 2.02. The van der Waals surface area contributed by atoms with Crippen molar-refractivity contribution in [3.8, 4) is 16.3 Å². The summed E-state index contributed by atoms with van der Waals surface area (Å²) >= 11 is 1.55. The molecule has 1 aromatic heterocycles. The van der Waals surface area contributed by atoms with Crippen LogP contribution < -0.4 is 10.5 Å². The van der Waals surface area contributed by atoms with Gasteiger partial charge in [0.2, 0.25) is 0 Å². The van der Waals surface area contributed by atoms with Gasteiger partial charge in [0.25, 0.3) is 0 Å². The summed E-state index contributed by atoms with van der Waals surface area (Å²) in [6, 6.07) is 7.02. The van der Waals surface area contributed by atoms with Crippen molar-refractivity contribution in [2.45, 2.75) is 0 Å². The summed E-state index contributed by atoms with van der Waals surface area (Å²) < 4.78 is 4.71. The summed E-state index contributed by atoms with van der Waals surface area (Å²) in [7, 11) is 0. The zero-order valence-electron chi connectivity index (χ0n) is 7.71. The number of hydrogen-bond donors (Lipinski definition) is 1. The maximum absolute atomic E-state index is 10.5. The van der Waals surface area contributed by atoms with Crippen molar-refractivity contribution >= 4 is 17.4 Å². The van der Waals surface area contributed by atoms with Crippen LogP contribution in [-0.4, -0.2) is 11.1 Å². The summed E-state index contributed by atoms with van der Waals surface area (Å²) in [4.78, 5) is 14.6. The zero-order chi connectivity index (χ0) is 10.7. The third kappa shape index (κ3) is 2.32. The average molecular weight is 220 g/mol. The number of carbonyl (C=O) groups excluding carboxylic acids is 1. The predicted molar refractivity (Wildman–Crippen MR) is 57.8 cm³/mol. The molecule has 0 unspecified atom stereocenters. The number of nitrogens with zero attached hydrogens (tertiary/aromatic N) is 1. The minimum absolute atomic E-state index is 0.433. The number of nitrogens with two attached hydrogens (primary N) is 1. The van der Waals surface area contributed by atoms with Crippen molar-refractivity contribution < 1.29 is 9.53 Å². The van der Waals surface area contributed by atoms with E-state index in [0.717, 1.165) is 10.6 Å². The number of thiazole rings is 1. The fourth-order valence-electron chi connectivity index (χ4n) is 1.15. The molecule has 0 fully saturated rings. The van der Waals surface area contributed by atoms with Gasteiger partial charge in [0.1, 0.15) is 10.8 Å². The molecule has 1 aromatic carbocycles. The highest BCUT2D eigenvalue weighted by Crippen LogP contribution is 2.23. The maximum atomic E-state index is 10.5. The Morgan fingerprint density at radius 1 is 1.33 bits per heavy atom. The van der Waals surface area contributed by atoms with Gasteiger partial charge in [0.05, 0.1) is 0 Å². The molecule has 2 aromatic rings. The second-order valence-electron chi connectivity index (χ2n) is 2.78. The van der Waals surface area contributed by atoms with Crippen molar-refractivity contribution in [1.29, 1.82) is 0 Å². The average Bonchev–Trinajstić information content (AvgIpc) is 2.71. The Balaban J connectivity index is 2.21. The molecular weight excluding hydrogens is 212 g/mol. The maximum Gasteiger partial charge on any atom is 0.409 e. The van der Waals surface area contributed by atoms with E-state index in [2.05, 4.69) is 4.98 Å². The van der Waals surface area contributed by atoms with Gasteiger partial charge in [-0.2, -0.15) is 0 Å². The molecule has 76 valence electrons. The second kappa shape index (κ2) is 4.10. The fraction of sp³-hybridized carbons (Fsp3) is 0. The molecule has 0 aliphatic heterocycles. The smallest absolute Gasteiger partial charge is 0.409 e. The van der Waals surface area contributed by atoms with Crippen LogP contribution in [-0.2, 0) is 0 Å². The number of aromatic nitrogens is 1. The number of amides is 1. The normalized spacial score (nSPS) is 9.87. The molecule has 0 spiro atoms. The molecule has 4 nitrogen and oxygen atoms in total. The van der Waals surface area contributed by atoms with Gasteiger partial charge >= 0.3 is 6.09 Å². The Hall–Kier alpha value is -1.88. The summed E-state index contributed by atoms with van der Waals surface area (Å²) in [6.45, 7) is 0. The highest BCUT2D eigenvalue weighted by atomic mass is 32.1. The minimum atomic E-state index is -0.808. The van der Waals surface area contributed by atoms with Crippen LogP contribution in [0, 0.1) is 0 Å². The second-order valence-corrected chi connectivity index (χ2v) is 3.68. The monoisotopic (exact) mass is 220 g/mol. The number of ether oxygens (including phenoxy) is 1. The number of carbonyl (C=O) groups is 1. The molecule has 0 saturated heterocycles. The molecular formula is C10H8N2O2S. The van der Waals surface area contributed by atoms with Crippen LogP contribution in [0.1, 0.15) is 0 Å². The van der Waals surface area contributed by atoms with Gasteiger partial charge in [0, 0.05) is 17.1 Å². The van der Waals surface area contributed by atoms with Gasteiger partial charge in [-0.3, -0.25) is 0 Å². The molecule has 1 heterocycles. The first-order valence-electron chi connectivity index (χ1n) is 4.23. The third-order valence-electron chi connectivity index (χ3n) is 1.75. The van der Waals surface area contributed by atoms with Gasteiger partial charge in [-0.25, -0.2) is 9.78 Å². The van der Waals surface area contributed by atoms with Crippen LogP contribution >= 0.6 is 11.3 Å². The van der Waals surface area contributed by atoms with Crippen LogP contribution in [0.5, 0.6) is 5.75 Å². The summed E-state index contributed by atoms with van der Waals surface area (Å²) in [6.07, 6.45) is 0.936. The largest absolute Gasteiger partial charge is 0.411 e. The standard InChI is InChI=1S/C10H8N2O2S/c11-10(13)14-8-3-1-7(2-4-8)9-12-5-6-15-9/h1-6H,(H2,11,13).